The van der Waals surface area contributed by atoms with E-state index >= 15 is 0 Å². The standard InChI is InChI=1S/C23H21N5O2/c1-13(24)18-21(25)26-12-27-22(18)28-14(2)20-19(15-8-4-3-5-9-15)16-10-6-7-11-17(16)23(29)30-20/h3-12,14,24H,1-2H3,(H3,25,26,27,28). The molecule has 0 fully saturated rings. The van der Waals surface area contributed by atoms with Crippen molar-refractivity contribution in [1.29, 1.82) is 5.41 Å². The number of nitrogens with zero attached hydrogens (tertiary/aromatic N) is 2. The fraction of sp³-hybridized carbons (Fsp3) is 0.130. The molecule has 0 spiro atoms. The normalized spacial score (nSPS) is 11.9. The highest BCUT2D eigenvalue weighted by Crippen LogP contribution is 2.35. The van der Waals surface area contributed by atoms with Crippen molar-refractivity contribution in [2.24, 2.45) is 0 Å². The number of rotatable bonds is 5. The maximum Gasteiger partial charge on any atom is 0.343 e. The Kier molecular flexibility index (Phi) is 5.02. The van der Waals surface area contributed by atoms with Gasteiger partial charge in [-0.2, -0.15) is 0 Å². The number of nitrogen functional groups attached to an aromatic ring is 1. The molecule has 4 aromatic rings. The Hall–Kier alpha value is -4.00. The van der Waals surface area contributed by atoms with Crippen LogP contribution in [0.1, 0.15) is 31.2 Å². The highest BCUT2D eigenvalue weighted by Gasteiger charge is 2.22. The molecule has 0 aliphatic rings. The van der Waals surface area contributed by atoms with Gasteiger partial charge in [0.25, 0.3) is 0 Å². The molecule has 4 N–H and O–H groups in total. The van der Waals surface area contributed by atoms with Gasteiger partial charge in [0.15, 0.2) is 0 Å². The molecular formula is C23H21N5O2. The Balaban J connectivity index is 1.90. The van der Waals surface area contributed by atoms with Crippen molar-refractivity contribution in [2.45, 2.75) is 19.9 Å². The van der Waals surface area contributed by atoms with Gasteiger partial charge in [-0.25, -0.2) is 14.8 Å². The van der Waals surface area contributed by atoms with Gasteiger partial charge in [0, 0.05) is 16.7 Å². The van der Waals surface area contributed by atoms with Gasteiger partial charge in [0.2, 0.25) is 0 Å². The minimum absolute atomic E-state index is 0.218. The summed E-state index contributed by atoms with van der Waals surface area (Å²) in [5.41, 5.74) is 7.99. The minimum Gasteiger partial charge on any atom is -0.425 e. The number of aromatic nitrogens is 2. The van der Waals surface area contributed by atoms with Crippen molar-refractivity contribution in [2.75, 3.05) is 11.1 Å². The summed E-state index contributed by atoms with van der Waals surface area (Å²) in [5, 5.41) is 12.6. The molecule has 0 radical (unpaired) electrons. The average molecular weight is 399 g/mol. The predicted octanol–water partition coefficient (Wildman–Crippen LogP) is 4.39. The molecule has 30 heavy (non-hydrogen) atoms. The van der Waals surface area contributed by atoms with E-state index in [-0.39, 0.29) is 11.5 Å². The fourth-order valence-electron chi connectivity index (χ4n) is 3.57. The lowest BCUT2D eigenvalue weighted by atomic mass is 9.96. The lowest BCUT2D eigenvalue weighted by Gasteiger charge is -2.20. The van der Waals surface area contributed by atoms with Crippen LogP contribution in [0.5, 0.6) is 0 Å². The van der Waals surface area contributed by atoms with E-state index in [1.54, 1.807) is 13.0 Å². The number of hydrogen-bond donors (Lipinski definition) is 3. The molecule has 0 bridgehead atoms. The van der Waals surface area contributed by atoms with Crippen LogP contribution in [0.2, 0.25) is 0 Å². The molecule has 2 aromatic carbocycles. The zero-order valence-electron chi connectivity index (χ0n) is 16.6. The number of nitrogens with two attached hydrogens (primary N) is 1. The zero-order chi connectivity index (χ0) is 21.3. The first-order chi connectivity index (χ1) is 14.5. The molecule has 0 aliphatic carbocycles. The number of nitrogens with one attached hydrogen (secondary N) is 2. The van der Waals surface area contributed by atoms with Crippen LogP contribution in [0.4, 0.5) is 11.6 Å². The number of fused-ring (bicyclic) bond motifs is 1. The van der Waals surface area contributed by atoms with Crippen LogP contribution in [-0.2, 0) is 0 Å². The van der Waals surface area contributed by atoms with Gasteiger partial charge in [-0.15, -0.1) is 0 Å². The van der Waals surface area contributed by atoms with E-state index in [0.29, 0.717) is 22.5 Å². The van der Waals surface area contributed by atoms with Crippen molar-refractivity contribution in [3.05, 3.63) is 82.7 Å². The summed E-state index contributed by atoms with van der Waals surface area (Å²) in [7, 11) is 0. The molecular weight excluding hydrogens is 378 g/mol. The van der Waals surface area contributed by atoms with Crippen molar-refractivity contribution in [3.8, 4) is 11.1 Å². The molecule has 0 aliphatic heterocycles. The van der Waals surface area contributed by atoms with Crippen LogP contribution in [0, 0.1) is 5.41 Å². The summed E-state index contributed by atoms with van der Waals surface area (Å²) in [6.07, 6.45) is 1.34. The van der Waals surface area contributed by atoms with Crippen molar-refractivity contribution in [1.82, 2.24) is 9.97 Å². The maximum absolute atomic E-state index is 12.7. The first kappa shape index (κ1) is 19.3. The minimum atomic E-state index is -0.426. The third kappa shape index (κ3) is 3.41. The third-order valence-electron chi connectivity index (χ3n) is 4.93. The average Bonchev–Trinajstić information content (AvgIpc) is 2.74. The van der Waals surface area contributed by atoms with Crippen LogP contribution in [0.3, 0.4) is 0 Å². The molecule has 2 aromatic heterocycles. The largest absolute Gasteiger partial charge is 0.425 e. The van der Waals surface area contributed by atoms with E-state index in [1.165, 1.54) is 6.33 Å². The molecule has 150 valence electrons. The molecule has 1 atom stereocenters. The molecule has 1 unspecified atom stereocenters. The fourth-order valence-corrected chi connectivity index (χ4v) is 3.57. The molecule has 0 saturated heterocycles. The zero-order valence-corrected chi connectivity index (χ0v) is 16.6. The summed E-state index contributed by atoms with van der Waals surface area (Å²) < 4.78 is 5.79. The van der Waals surface area contributed by atoms with Gasteiger partial charge < -0.3 is 20.9 Å². The molecule has 2 heterocycles. The van der Waals surface area contributed by atoms with Crippen molar-refractivity contribution in [3.63, 3.8) is 0 Å². The number of benzene rings is 2. The van der Waals surface area contributed by atoms with Gasteiger partial charge >= 0.3 is 5.63 Å². The van der Waals surface area contributed by atoms with Gasteiger partial charge in [-0.1, -0.05) is 48.5 Å². The predicted molar refractivity (Wildman–Crippen MR) is 119 cm³/mol. The summed E-state index contributed by atoms with van der Waals surface area (Å²) in [5.74, 6) is 1.11. The second-order valence-electron chi connectivity index (χ2n) is 7.01. The third-order valence-corrected chi connectivity index (χ3v) is 4.93. The van der Waals surface area contributed by atoms with Crippen LogP contribution >= 0.6 is 0 Å². The SMILES string of the molecule is CC(=N)c1c(N)ncnc1NC(C)c1oc(=O)c2ccccc2c1-c1ccccc1. The highest BCUT2D eigenvalue weighted by molar-refractivity contribution is 6.04. The summed E-state index contributed by atoms with van der Waals surface area (Å²) in [4.78, 5) is 20.9. The smallest absolute Gasteiger partial charge is 0.343 e. The van der Waals surface area contributed by atoms with E-state index in [9.17, 15) is 4.79 Å². The molecule has 7 nitrogen and oxygen atoms in total. The lowest BCUT2D eigenvalue weighted by molar-refractivity contribution is 0.452. The van der Waals surface area contributed by atoms with Crippen LogP contribution in [0.15, 0.2) is 70.1 Å². The Bertz CT molecular complexity index is 1300. The van der Waals surface area contributed by atoms with Crippen LogP contribution in [-0.4, -0.2) is 15.7 Å². The highest BCUT2D eigenvalue weighted by atomic mass is 16.4. The van der Waals surface area contributed by atoms with E-state index in [4.69, 9.17) is 15.6 Å². The summed E-state index contributed by atoms with van der Waals surface area (Å²) in [6.45, 7) is 3.50. The van der Waals surface area contributed by atoms with Gasteiger partial charge in [-0.05, 0) is 25.5 Å². The summed E-state index contributed by atoms with van der Waals surface area (Å²) in [6, 6.07) is 16.8. The quantitative estimate of drug-likeness (QED) is 0.428. The maximum atomic E-state index is 12.7. The number of anilines is 2. The second kappa shape index (κ2) is 7.79. The van der Waals surface area contributed by atoms with Crippen molar-refractivity contribution >= 4 is 28.1 Å². The first-order valence-electron chi connectivity index (χ1n) is 9.51. The molecule has 0 saturated carbocycles. The molecule has 0 amide bonds. The topological polar surface area (TPSA) is 118 Å². The van der Waals surface area contributed by atoms with E-state index in [1.807, 2.05) is 55.5 Å². The van der Waals surface area contributed by atoms with Crippen LogP contribution in [0.25, 0.3) is 21.9 Å². The first-order valence-corrected chi connectivity index (χ1v) is 9.51. The summed E-state index contributed by atoms with van der Waals surface area (Å²) >= 11 is 0. The number of hydrogen-bond acceptors (Lipinski definition) is 7. The Labute approximate surface area is 173 Å². The van der Waals surface area contributed by atoms with Gasteiger partial charge in [0.1, 0.15) is 23.7 Å². The molecule has 7 heteroatoms. The second-order valence-corrected chi connectivity index (χ2v) is 7.01. The monoisotopic (exact) mass is 399 g/mol. The molecule has 4 rings (SSSR count). The van der Waals surface area contributed by atoms with E-state index in [2.05, 4.69) is 15.3 Å². The van der Waals surface area contributed by atoms with Gasteiger partial charge in [0.05, 0.1) is 17.0 Å². The van der Waals surface area contributed by atoms with E-state index < -0.39 is 11.7 Å². The van der Waals surface area contributed by atoms with Gasteiger partial charge in [-0.3, -0.25) is 0 Å². The Morgan fingerprint density at radius 3 is 2.43 bits per heavy atom. The Morgan fingerprint density at radius 2 is 1.73 bits per heavy atom. The van der Waals surface area contributed by atoms with E-state index in [0.717, 1.165) is 16.5 Å². The van der Waals surface area contributed by atoms with Crippen LogP contribution < -0.4 is 16.7 Å². The Morgan fingerprint density at radius 1 is 1.07 bits per heavy atom. The lowest BCUT2D eigenvalue weighted by Crippen LogP contribution is -2.16. The van der Waals surface area contributed by atoms with Crippen molar-refractivity contribution < 1.29 is 4.42 Å².